The predicted octanol–water partition coefficient (Wildman–Crippen LogP) is 0.346. The van der Waals surface area contributed by atoms with Gasteiger partial charge in [0.05, 0.1) is 6.54 Å². The lowest BCUT2D eigenvalue weighted by molar-refractivity contribution is -0.133. The quantitative estimate of drug-likeness (QED) is 0.677. The summed E-state index contributed by atoms with van der Waals surface area (Å²) in [5.41, 5.74) is 5.57. The first-order valence-electron chi connectivity index (χ1n) is 6.04. The van der Waals surface area contributed by atoms with Crippen molar-refractivity contribution in [2.45, 2.75) is 34.1 Å². The molecule has 0 saturated carbocycles. The molecule has 0 rings (SSSR count). The predicted molar refractivity (Wildman–Crippen MR) is 68.4 cm³/mol. The average Bonchev–Trinajstić information content (AvgIpc) is 2.25. The number of hydrogen-bond acceptors (Lipinski definition) is 3. The van der Waals surface area contributed by atoms with Gasteiger partial charge in [-0.3, -0.25) is 9.59 Å². The maximum absolute atomic E-state index is 11.9. The van der Waals surface area contributed by atoms with Crippen molar-refractivity contribution in [3.05, 3.63) is 0 Å². The van der Waals surface area contributed by atoms with E-state index in [0.717, 1.165) is 6.42 Å². The number of carbonyl (C=O) groups excluding carboxylic acids is 2. The standard InChI is InChI=1S/C12H25N3O2/c1-5-6-15(9-12(3,4)8-13)11(17)7-14-10(2)16/h5-9,13H2,1-4H3,(H,14,16). The van der Waals surface area contributed by atoms with Gasteiger partial charge >= 0.3 is 0 Å². The van der Waals surface area contributed by atoms with Gasteiger partial charge in [-0.25, -0.2) is 0 Å². The number of nitrogens with one attached hydrogen (secondary N) is 1. The highest BCUT2D eigenvalue weighted by atomic mass is 16.2. The number of nitrogens with zero attached hydrogens (tertiary/aromatic N) is 1. The molecule has 0 aromatic heterocycles. The molecule has 3 N–H and O–H groups in total. The Labute approximate surface area is 104 Å². The fourth-order valence-corrected chi connectivity index (χ4v) is 1.45. The van der Waals surface area contributed by atoms with E-state index in [9.17, 15) is 9.59 Å². The van der Waals surface area contributed by atoms with Crippen LogP contribution in [0.25, 0.3) is 0 Å². The van der Waals surface area contributed by atoms with Gasteiger partial charge in [0, 0.05) is 20.0 Å². The Bertz CT molecular complexity index is 264. The van der Waals surface area contributed by atoms with Gasteiger partial charge in [-0.05, 0) is 18.4 Å². The summed E-state index contributed by atoms with van der Waals surface area (Å²) in [6.45, 7) is 9.40. The molecule has 0 saturated heterocycles. The van der Waals surface area contributed by atoms with E-state index in [2.05, 4.69) is 5.32 Å². The summed E-state index contributed by atoms with van der Waals surface area (Å²) in [7, 11) is 0. The van der Waals surface area contributed by atoms with Gasteiger partial charge in [0.1, 0.15) is 0 Å². The molecule has 5 nitrogen and oxygen atoms in total. The van der Waals surface area contributed by atoms with E-state index >= 15 is 0 Å². The molecule has 0 aromatic carbocycles. The minimum absolute atomic E-state index is 0.0522. The minimum atomic E-state index is -0.187. The highest BCUT2D eigenvalue weighted by molar-refractivity contribution is 5.83. The largest absolute Gasteiger partial charge is 0.347 e. The molecule has 0 aliphatic carbocycles. The smallest absolute Gasteiger partial charge is 0.241 e. The Kier molecular flexibility index (Phi) is 6.80. The van der Waals surface area contributed by atoms with E-state index in [4.69, 9.17) is 5.73 Å². The maximum Gasteiger partial charge on any atom is 0.241 e. The fourth-order valence-electron chi connectivity index (χ4n) is 1.45. The summed E-state index contributed by atoms with van der Waals surface area (Å²) in [5, 5.41) is 2.53. The third-order valence-corrected chi connectivity index (χ3v) is 2.51. The lowest BCUT2D eigenvalue weighted by Crippen LogP contribution is -2.46. The zero-order chi connectivity index (χ0) is 13.5. The first-order valence-corrected chi connectivity index (χ1v) is 6.04. The molecule has 0 fully saturated rings. The van der Waals surface area contributed by atoms with Gasteiger partial charge < -0.3 is 16.0 Å². The lowest BCUT2D eigenvalue weighted by atomic mass is 9.93. The maximum atomic E-state index is 11.9. The van der Waals surface area contributed by atoms with Crippen LogP contribution in [-0.4, -0.2) is 42.9 Å². The first kappa shape index (κ1) is 15.9. The van der Waals surface area contributed by atoms with Crippen LogP contribution in [0.5, 0.6) is 0 Å². The molecule has 0 radical (unpaired) electrons. The molecule has 0 unspecified atom stereocenters. The van der Waals surface area contributed by atoms with E-state index in [1.807, 2.05) is 20.8 Å². The Hall–Kier alpha value is -1.10. The summed E-state index contributed by atoms with van der Waals surface area (Å²) in [6, 6.07) is 0. The molecule has 100 valence electrons. The van der Waals surface area contributed by atoms with Crippen LogP contribution in [0.15, 0.2) is 0 Å². The normalized spacial score (nSPS) is 11.1. The van der Waals surface area contributed by atoms with Crippen molar-refractivity contribution >= 4 is 11.8 Å². The number of nitrogens with two attached hydrogens (primary N) is 1. The van der Waals surface area contributed by atoms with Crippen LogP contribution in [0.4, 0.5) is 0 Å². The second-order valence-electron chi connectivity index (χ2n) is 5.09. The number of carbonyl (C=O) groups is 2. The van der Waals surface area contributed by atoms with E-state index in [-0.39, 0.29) is 23.8 Å². The summed E-state index contributed by atoms with van der Waals surface area (Å²) < 4.78 is 0. The molecule has 0 atom stereocenters. The van der Waals surface area contributed by atoms with Crippen molar-refractivity contribution in [2.75, 3.05) is 26.2 Å². The van der Waals surface area contributed by atoms with Crippen LogP contribution >= 0.6 is 0 Å². The highest BCUT2D eigenvalue weighted by Gasteiger charge is 2.23. The molecular weight excluding hydrogens is 218 g/mol. The molecule has 0 heterocycles. The molecule has 0 aliphatic heterocycles. The first-order chi connectivity index (χ1) is 7.82. The number of rotatable bonds is 7. The topological polar surface area (TPSA) is 75.4 Å². The molecule has 0 aromatic rings. The molecule has 2 amide bonds. The van der Waals surface area contributed by atoms with Crippen LogP contribution in [-0.2, 0) is 9.59 Å². The molecule has 5 heteroatoms. The highest BCUT2D eigenvalue weighted by Crippen LogP contribution is 2.15. The Morgan fingerprint density at radius 2 is 1.94 bits per heavy atom. The van der Waals surface area contributed by atoms with Crippen LogP contribution < -0.4 is 11.1 Å². The van der Waals surface area contributed by atoms with Crippen LogP contribution in [0.2, 0.25) is 0 Å². The van der Waals surface area contributed by atoms with E-state index in [0.29, 0.717) is 19.6 Å². The monoisotopic (exact) mass is 243 g/mol. The zero-order valence-corrected chi connectivity index (χ0v) is 11.4. The third kappa shape index (κ3) is 6.94. The molecule has 0 aliphatic rings. The van der Waals surface area contributed by atoms with Gasteiger partial charge in [-0.2, -0.15) is 0 Å². The Balaban J connectivity index is 4.40. The van der Waals surface area contributed by atoms with E-state index in [1.54, 1.807) is 4.90 Å². The lowest BCUT2D eigenvalue weighted by Gasteiger charge is -2.31. The van der Waals surface area contributed by atoms with Crippen LogP contribution in [0, 0.1) is 5.41 Å². The summed E-state index contributed by atoms with van der Waals surface area (Å²) >= 11 is 0. The van der Waals surface area contributed by atoms with Crippen molar-refractivity contribution in [1.82, 2.24) is 10.2 Å². The summed E-state index contributed by atoms with van der Waals surface area (Å²) in [4.78, 5) is 24.4. The minimum Gasteiger partial charge on any atom is -0.347 e. The van der Waals surface area contributed by atoms with Gasteiger partial charge in [0.25, 0.3) is 0 Å². The molecule has 0 bridgehead atoms. The zero-order valence-electron chi connectivity index (χ0n) is 11.4. The van der Waals surface area contributed by atoms with Crippen molar-refractivity contribution in [3.63, 3.8) is 0 Å². The summed E-state index contributed by atoms with van der Waals surface area (Å²) in [5.74, 6) is -0.239. The van der Waals surface area contributed by atoms with E-state index in [1.165, 1.54) is 6.92 Å². The van der Waals surface area contributed by atoms with Crippen molar-refractivity contribution in [3.8, 4) is 0 Å². The fraction of sp³-hybridized carbons (Fsp3) is 0.833. The van der Waals surface area contributed by atoms with Crippen LogP contribution in [0.1, 0.15) is 34.1 Å². The second kappa shape index (κ2) is 7.27. The van der Waals surface area contributed by atoms with Gasteiger partial charge in [-0.15, -0.1) is 0 Å². The molecule has 17 heavy (non-hydrogen) atoms. The third-order valence-electron chi connectivity index (χ3n) is 2.51. The summed E-state index contributed by atoms with van der Waals surface area (Å²) in [6.07, 6.45) is 0.895. The average molecular weight is 243 g/mol. The number of amides is 2. The Morgan fingerprint density at radius 3 is 2.35 bits per heavy atom. The Morgan fingerprint density at radius 1 is 1.35 bits per heavy atom. The van der Waals surface area contributed by atoms with Gasteiger partial charge in [0.15, 0.2) is 0 Å². The van der Waals surface area contributed by atoms with Gasteiger partial charge in [0.2, 0.25) is 11.8 Å². The molecule has 0 spiro atoms. The number of hydrogen-bond donors (Lipinski definition) is 2. The second-order valence-corrected chi connectivity index (χ2v) is 5.09. The SMILES string of the molecule is CCCN(CC(C)(C)CN)C(=O)CNC(C)=O. The van der Waals surface area contributed by atoms with Gasteiger partial charge in [-0.1, -0.05) is 20.8 Å². The molecular formula is C12H25N3O2. The van der Waals surface area contributed by atoms with Crippen molar-refractivity contribution < 1.29 is 9.59 Å². The van der Waals surface area contributed by atoms with E-state index < -0.39 is 0 Å². The van der Waals surface area contributed by atoms with Crippen molar-refractivity contribution in [2.24, 2.45) is 11.1 Å². The van der Waals surface area contributed by atoms with Crippen LogP contribution in [0.3, 0.4) is 0 Å². The van der Waals surface area contributed by atoms with Crippen molar-refractivity contribution in [1.29, 1.82) is 0 Å².